The summed E-state index contributed by atoms with van der Waals surface area (Å²) < 4.78 is 6.88. The molecular formula is C22H28N4O2. The summed E-state index contributed by atoms with van der Waals surface area (Å²) in [6.07, 6.45) is 7.35. The average Bonchev–Trinajstić information content (AvgIpc) is 2.69. The van der Waals surface area contributed by atoms with E-state index in [1.807, 2.05) is 24.3 Å². The fourth-order valence-electron chi connectivity index (χ4n) is 5.79. The summed E-state index contributed by atoms with van der Waals surface area (Å²) in [6.45, 7) is 1.18. The second kappa shape index (κ2) is 7.32. The molecule has 4 saturated carbocycles. The Bertz CT molecular complexity index is 935. The van der Waals surface area contributed by atoms with Crippen LogP contribution in [0.2, 0.25) is 0 Å². The van der Waals surface area contributed by atoms with Crippen LogP contribution in [0.1, 0.15) is 38.5 Å². The zero-order valence-electron chi connectivity index (χ0n) is 16.4. The molecule has 0 spiro atoms. The minimum absolute atomic E-state index is 0.0190. The number of anilines is 1. The summed E-state index contributed by atoms with van der Waals surface area (Å²) in [5.41, 5.74) is 5.21. The summed E-state index contributed by atoms with van der Waals surface area (Å²) in [6, 6.07) is 7.52. The monoisotopic (exact) mass is 380 g/mol. The standard InChI is InChI=1S/C22H28N4O2/c1-28-8-4-7-26-21(27)18-5-2-3-6-19(18)23-22(26)25-24-20-16-10-14-9-15(12-16)13-17(20)11-14/h2-3,5-6,14-17H,4,7-13H2,1H3,(H,23,25). The predicted molar refractivity (Wildman–Crippen MR) is 111 cm³/mol. The summed E-state index contributed by atoms with van der Waals surface area (Å²) in [7, 11) is 1.68. The molecule has 0 atom stereocenters. The number of methoxy groups -OCH3 is 1. The molecule has 4 fully saturated rings. The lowest BCUT2D eigenvalue weighted by Gasteiger charge is -2.50. The zero-order chi connectivity index (χ0) is 19.1. The van der Waals surface area contributed by atoms with Crippen LogP contribution in [-0.2, 0) is 11.3 Å². The van der Waals surface area contributed by atoms with E-state index in [2.05, 4.69) is 5.43 Å². The molecule has 28 heavy (non-hydrogen) atoms. The number of hydrogen-bond acceptors (Lipinski definition) is 5. The minimum atomic E-state index is -0.0190. The van der Waals surface area contributed by atoms with Gasteiger partial charge in [-0.05, 0) is 74.3 Å². The molecule has 0 unspecified atom stereocenters. The molecule has 148 valence electrons. The molecule has 0 saturated heterocycles. The van der Waals surface area contributed by atoms with E-state index < -0.39 is 0 Å². The molecule has 6 nitrogen and oxygen atoms in total. The molecule has 4 aliphatic carbocycles. The molecule has 1 aromatic carbocycles. The van der Waals surface area contributed by atoms with Gasteiger partial charge in [0.2, 0.25) is 5.95 Å². The van der Waals surface area contributed by atoms with Gasteiger partial charge >= 0.3 is 0 Å². The Morgan fingerprint density at radius 1 is 1.14 bits per heavy atom. The van der Waals surface area contributed by atoms with Crippen LogP contribution in [0.5, 0.6) is 0 Å². The molecule has 1 N–H and O–H groups in total. The van der Waals surface area contributed by atoms with Crippen molar-refractivity contribution >= 4 is 22.6 Å². The van der Waals surface area contributed by atoms with Gasteiger partial charge in [0, 0.05) is 26.0 Å². The van der Waals surface area contributed by atoms with E-state index >= 15 is 0 Å². The van der Waals surface area contributed by atoms with Gasteiger partial charge in [-0.15, -0.1) is 0 Å². The van der Waals surface area contributed by atoms with E-state index in [-0.39, 0.29) is 5.56 Å². The van der Waals surface area contributed by atoms with Crippen molar-refractivity contribution in [2.75, 3.05) is 19.1 Å². The number of hydrogen-bond donors (Lipinski definition) is 1. The van der Waals surface area contributed by atoms with Gasteiger partial charge in [-0.1, -0.05) is 12.1 Å². The van der Waals surface area contributed by atoms with E-state index in [0.717, 1.165) is 18.3 Å². The number of hydrazone groups is 1. The lowest BCUT2D eigenvalue weighted by atomic mass is 9.55. The lowest BCUT2D eigenvalue weighted by molar-refractivity contribution is 0.108. The van der Waals surface area contributed by atoms with Gasteiger partial charge in [-0.3, -0.25) is 9.36 Å². The van der Waals surface area contributed by atoms with E-state index in [1.54, 1.807) is 11.7 Å². The molecule has 4 bridgehead atoms. The number of fused-ring (bicyclic) bond motifs is 1. The fraction of sp³-hybridized carbons (Fsp3) is 0.591. The smallest absolute Gasteiger partial charge is 0.262 e. The first-order chi connectivity index (χ1) is 13.7. The highest BCUT2D eigenvalue weighted by atomic mass is 16.5. The van der Waals surface area contributed by atoms with Gasteiger partial charge in [-0.25, -0.2) is 10.4 Å². The number of ether oxygens (including phenoxy) is 1. The van der Waals surface area contributed by atoms with Crippen LogP contribution < -0.4 is 11.0 Å². The second-order valence-corrected chi connectivity index (χ2v) is 8.71. The predicted octanol–water partition coefficient (Wildman–Crippen LogP) is 3.66. The highest BCUT2D eigenvalue weighted by Crippen LogP contribution is 2.52. The molecule has 0 radical (unpaired) electrons. The highest BCUT2D eigenvalue weighted by Gasteiger charge is 2.46. The van der Waals surface area contributed by atoms with Crippen molar-refractivity contribution < 1.29 is 4.74 Å². The Labute approximate surface area is 165 Å². The first-order valence-electron chi connectivity index (χ1n) is 10.5. The topological polar surface area (TPSA) is 68.5 Å². The van der Waals surface area contributed by atoms with Crippen LogP contribution in [0, 0.1) is 23.7 Å². The molecular weight excluding hydrogens is 352 g/mol. The Balaban J connectivity index is 1.47. The average molecular weight is 380 g/mol. The third-order valence-corrected chi connectivity index (χ3v) is 6.85. The first kappa shape index (κ1) is 17.9. The van der Waals surface area contributed by atoms with Gasteiger partial charge in [0.25, 0.3) is 5.56 Å². The summed E-state index contributed by atoms with van der Waals surface area (Å²) >= 11 is 0. The summed E-state index contributed by atoms with van der Waals surface area (Å²) in [5.74, 6) is 3.61. The van der Waals surface area contributed by atoms with Gasteiger partial charge in [-0.2, -0.15) is 5.10 Å². The maximum Gasteiger partial charge on any atom is 0.262 e. The molecule has 0 amide bonds. The van der Waals surface area contributed by atoms with Crippen LogP contribution in [0.4, 0.5) is 5.95 Å². The summed E-state index contributed by atoms with van der Waals surface area (Å²) in [5, 5.41) is 5.49. The fourth-order valence-corrected chi connectivity index (χ4v) is 5.79. The SMILES string of the molecule is COCCCn1c(NN=C2C3CC4CC(C3)CC2C4)nc2ccccc2c1=O. The Morgan fingerprint density at radius 3 is 2.57 bits per heavy atom. The minimum Gasteiger partial charge on any atom is -0.385 e. The van der Waals surface area contributed by atoms with Crippen molar-refractivity contribution in [1.29, 1.82) is 0 Å². The molecule has 6 heteroatoms. The van der Waals surface area contributed by atoms with Gasteiger partial charge in [0.15, 0.2) is 0 Å². The van der Waals surface area contributed by atoms with E-state index in [0.29, 0.717) is 41.8 Å². The number of benzene rings is 1. The molecule has 2 aromatic rings. The van der Waals surface area contributed by atoms with Crippen molar-refractivity contribution in [2.24, 2.45) is 28.8 Å². The van der Waals surface area contributed by atoms with Crippen LogP contribution >= 0.6 is 0 Å². The van der Waals surface area contributed by atoms with Crippen LogP contribution in [0.15, 0.2) is 34.2 Å². The van der Waals surface area contributed by atoms with Crippen molar-refractivity contribution in [1.82, 2.24) is 9.55 Å². The largest absolute Gasteiger partial charge is 0.385 e. The first-order valence-corrected chi connectivity index (χ1v) is 10.5. The van der Waals surface area contributed by atoms with Crippen molar-refractivity contribution in [2.45, 2.75) is 45.1 Å². The number of para-hydroxylation sites is 1. The Hall–Kier alpha value is -2.21. The Kier molecular flexibility index (Phi) is 4.67. The molecule has 4 aliphatic rings. The van der Waals surface area contributed by atoms with Gasteiger partial charge in [0.05, 0.1) is 10.9 Å². The second-order valence-electron chi connectivity index (χ2n) is 8.71. The zero-order valence-corrected chi connectivity index (χ0v) is 16.4. The number of rotatable bonds is 6. The number of nitrogens with one attached hydrogen (secondary N) is 1. The number of aromatic nitrogens is 2. The van der Waals surface area contributed by atoms with Crippen molar-refractivity contribution in [3.8, 4) is 0 Å². The quantitative estimate of drug-likeness (QED) is 0.613. The maximum atomic E-state index is 13.0. The van der Waals surface area contributed by atoms with Crippen LogP contribution in [0.25, 0.3) is 10.9 Å². The van der Waals surface area contributed by atoms with Crippen LogP contribution in [0.3, 0.4) is 0 Å². The molecule has 6 rings (SSSR count). The maximum absolute atomic E-state index is 13.0. The summed E-state index contributed by atoms with van der Waals surface area (Å²) in [4.78, 5) is 17.8. The van der Waals surface area contributed by atoms with E-state index in [4.69, 9.17) is 14.8 Å². The molecule has 1 aromatic heterocycles. The van der Waals surface area contributed by atoms with E-state index in [1.165, 1.54) is 37.8 Å². The van der Waals surface area contributed by atoms with Gasteiger partial charge in [0.1, 0.15) is 0 Å². The number of nitrogens with zero attached hydrogens (tertiary/aromatic N) is 3. The lowest BCUT2D eigenvalue weighted by Crippen LogP contribution is -2.45. The Morgan fingerprint density at radius 2 is 1.86 bits per heavy atom. The third-order valence-electron chi connectivity index (χ3n) is 6.85. The van der Waals surface area contributed by atoms with Crippen molar-refractivity contribution in [3.63, 3.8) is 0 Å². The van der Waals surface area contributed by atoms with Crippen LogP contribution in [-0.4, -0.2) is 29.0 Å². The molecule has 1 heterocycles. The van der Waals surface area contributed by atoms with E-state index in [9.17, 15) is 4.79 Å². The van der Waals surface area contributed by atoms with Crippen molar-refractivity contribution in [3.05, 3.63) is 34.6 Å². The molecule has 0 aliphatic heterocycles. The third kappa shape index (κ3) is 3.13. The normalized spacial score (nSPS) is 28.1. The highest BCUT2D eigenvalue weighted by molar-refractivity contribution is 5.91. The van der Waals surface area contributed by atoms with Gasteiger partial charge < -0.3 is 4.74 Å².